The van der Waals surface area contributed by atoms with Crippen molar-refractivity contribution in [1.82, 2.24) is 5.32 Å². The predicted molar refractivity (Wildman–Crippen MR) is 72.3 cm³/mol. The van der Waals surface area contributed by atoms with E-state index >= 15 is 0 Å². The molecule has 2 rings (SSSR count). The smallest absolute Gasteiger partial charge is 0.230 e. The average Bonchev–Trinajstić information content (AvgIpc) is 2.70. The van der Waals surface area contributed by atoms with Crippen molar-refractivity contribution in [3.05, 3.63) is 29.8 Å². The SMILES string of the molecule is O=C(CSc1ccc(F)c(F)c1)N[C@@H]1CCS(=O)(=O)C1. The summed E-state index contributed by atoms with van der Waals surface area (Å²) in [5.74, 6) is -2.13. The van der Waals surface area contributed by atoms with Gasteiger partial charge in [-0.2, -0.15) is 0 Å². The van der Waals surface area contributed by atoms with Crippen molar-refractivity contribution in [2.75, 3.05) is 17.3 Å². The molecule has 1 fully saturated rings. The molecule has 1 aliphatic heterocycles. The molecule has 0 saturated carbocycles. The van der Waals surface area contributed by atoms with Crippen LogP contribution in [0.25, 0.3) is 0 Å². The number of nitrogens with one attached hydrogen (secondary N) is 1. The van der Waals surface area contributed by atoms with Crippen LogP contribution in [0.15, 0.2) is 23.1 Å². The molecule has 1 N–H and O–H groups in total. The molecule has 0 radical (unpaired) electrons. The Balaban J connectivity index is 1.82. The number of amides is 1. The summed E-state index contributed by atoms with van der Waals surface area (Å²) in [7, 11) is -3.03. The first-order valence-corrected chi connectivity index (χ1v) is 8.74. The highest BCUT2D eigenvalue weighted by Gasteiger charge is 2.28. The van der Waals surface area contributed by atoms with Gasteiger partial charge in [-0.15, -0.1) is 11.8 Å². The molecule has 4 nitrogen and oxygen atoms in total. The summed E-state index contributed by atoms with van der Waals surface area (Å²) >= 11 is 1.07. The third kappa shape index (κ3) is 4.17. The first-order valence-electron chi connectivity index (χ1n) is 5.93. The number of benzene rings is 1. The summed E-state index contributed by atoms with van der Waals surface area (Å²) in [5.41, 5.74) is 0. The van der Waals surface area contributed by atoms with Gasteiger partial charge in [-0.1, -0.05) is 0 Å². The number of hydrogen-bond acceptors (Lipinski definition) is 4. The van der Waals surface area contributed by atoms with E-state index in [1.165, 1.54) is 6.07 Å². The minimum absolute atomic E-state index is 0.0294. The lowest BCUT2D eigenvalue weighted by Gasteiger charge is -2.10. The molecule has 1 aromatic carbocycles. The number of rotatable bonds is 4. The van der Waals surface area contributed by atoms with Gasteiger partial charge in [0.2, 0.25) is 5.91 Å². The maximum absolute atomic E-state index is 13.0. The highest BCUT2D eigenvalue weighted by atomic mass is 32.2. The topological polar surface area (TPSA) is 63.2 Å². The third-order valence-corrected chi connectivity index (χ3v) is 5.62. The summed E-state index contributed by atoms with van der Waals surface area (Å²) < 4.78 is 48.2. The highest BCUT2D eigenvalue weighted by Crippen LogP contribution is 2.20. The van der Waals surface area contributed by atoms with Gasteiger partial charge in [-0.05, 0) is 24.6 Å². The number of hydrogen-bond donors (Lipinski definition) is 1. The standard InChI is InChI=1S/C12H13F2NO3S2/c13-10-2-1-9(5-11(10)14)19-6-12(16)15-8-3-4-20(17,18)7-8/h1-2,5,8H,3-4,6-7H2,(H,15,16)/t8-/m1/s1. The van der Waals surface area contributed by atoms with Crippen LogP contribution < -0.4 is 5.32 Å². The largest absolute Gasteiger partial charge is 0.352 e. The van der Waals surface area contributed by atoms with Gasteiger partial charge in [0.05, 0.1) is 17.3 Å². The number of sulfone groups is 1. The molecule has 8 heteroatoms. The second-order valence-corrected chi connectivity index (χ2v) is 7.81. The van der Waals surface area contributed by atoms with Crippen molar-refractivity contribution in [1.29, 1.82) is 0 Å². The molecule has 1 atom stereocenters. The quantitative estimate of drug-likeness (QED) is 0.851. The Morgan fingerprint density at radius 2 is 2.10 bits per heavy atom. The van der Waals surface area contributed by atoms with Crippen LogP contribution in [-0.4, -0.2) is 37.6 Å². The zero-order valence-corrected chi connectivity index (χ0v) is 12.1. The van der Waals surface area contributed by atoms with E-state index in [1.54, 1.807) is 0 Å². The van der Waals surface area contributed by atoms with Crippen molar-refractivity contribution in [2.45, 2.75) is 17.4 Å². The molecule has 0 aromatic heterocycles. The Morgan fingerprint density at radius 1 is 1.35 bits per heavy atom. The van der Waals surface area contributed by atoms with Gasteiger partial charge in [0.15, 0.2) is 21.5 Å². The fourth-order valence-corrected chi connectivity index (χ4v) is 4.30. The fraction of sp³-hybridized carbons (Fsp3) is 0.417. The van der Waals surface area contributed by atoms with Gasteiger partial charge >= 0.3 is 0 Å². The monoisotopic (exact) mass is 321 g/mol. The van der Waals surface area contributed by atoms with Crippen LogP contribution in [0, 0.1) is 11.6 Å². The molecule has 1 aromatic rings. The lowest BCUT2D eigenvalue weighted by atomic mass is 10.3. The van der Waals surface area contributed by atoms with Crippen molar-refractivity contribution >= 4 is 27.5 Å². The van der Waals surface area contributed by atoms with E-state index in [1.807, 2.05) is 0 Å². The van der Waals surface area contributed by atoms with E-state index < -0.39 is 21.5 Å². The lowest BCUT2D eigenvalue weighted by molar-refractivity contribution is -0.119. The zero-order chi connectivity index (χ0) is 14.8. The Morgan fingerprint density at radius 3 is 2.70 bits per heavy atom. The van der Waals surface area contributed by atoms with Gasteiger partial charge in [0.1, 0.15) is 0 Å². The molecule has 0 bridgehead atoms. The normalized spacial score (nSPS) is 20.8. The second kappa shape index (κ2) is 6.09. The van der Waals surface area contributed by atoms with E-state index in [4.69, 9.17) is 0 Å². The molecule has 110 valence electrons. The molecule has 20 heavy (non-hydrogen) atoms. The predicted octanol–water partition coefficient (Wildman–Crippen LogP) is 1.36. The molecular weight excluding hydrogens is 308 g/mol. The Bertz CT molecular complexity index is 619. The fourth-order valence-electron chi connectivity index (χ4n) is 1.89. The van der Waals surface area contributed by atoms with E-state index in [-0.39, 0.29) is 29.2 Å². The summed E-state index contributed by atoms with van der Waals surface area (Å²) in [6, 6.07) is 3.06. The van der Waals surface area contributed by atoms with Gasteiger partial charge < -0.3 is 5.32 Å². The molecule has 1 saturated heterocycles. The highest BCUT2D eigenvalue weighted by molar-refractivity contribution is 8.00. The Labute approximate surface area is 119 Å². The lowest BCUT2D eigenvalue weighted by Crippen LogP contribution is -2.36. The molecule has 0 aliphatic carbocycles. The van der Waals surface area contributed by atoms with Crippen LogP contribution in [0.3, 0.4) is 0 Å². The van der Waals surface area contributed by atoms with Crippen molar-refractivity contribution < 1.29 is 22.0 Å². The van der Waals surface area contributed by atoms with E-state index in [9.17, 15) is 22.0 Å². The molecule has 1 aliphatic rings. The maximum atomic E-state index is 13.0. The second-order valence-electron chi connectivity index (χ2n) is 4.53. The molecule has 0 spiro atoms. The zero-order valence-electron chi connectivity index (χ0n) is 10.4. The van der Waals surface area contributed by atoms with E-state index in [0.29, 0.717) is 11.3 Å². The Hall–Kier alpha value is -1.15. The van der Waals surface area contributed by atoms with Crippen LogP contribution in [0.1, 0.15) is 6.42 Å². The van der Waals surface area contributed by atoms with E-state index in [0.717, 1.165) is 23.9 Å². The van der Waals surface area contributed by atoms with Crippen LogP contribution in [0.2, 0.25) is 0 Å². The van der Waals surface area contributed by atoms with Gasteiger partial charge in [-0.25, -0.2) is 17.2 Å². The van der Waals surface area contributed by atoms with Crippen LogP contribution >= 0.6 is 11.8 Å². The summed E-state index contributed by atoms with van der Waals surface area (Å²) in [6.07, 6.45) is 0.421. The van der Waals surface area contributed by atoms with Crippen LogP contribution in [-0.2, 0) is 14.6 Å². The van der Waals surface area contributed by atoms with E-state index in [2.05, 4.69) is 5.32 Å². The number of halogens is 2. The number of carbonyl (C=O) groups excluding carboxylic acids is 1. The molecule has 1 heterocycles. The first-order chi connectivity index (χ1) is 9.35. The first kappa shape index (κ1) is 15.2. The van der Waals surface area contributed by atoms with Crippen molar-refractivity contribution in [2.24, 2.45) is 0 Å². The summed E-state index contributed by atoms with van der Waals surface area (Å²) in [5, 5.41) is 2.62. The summed E-state index contributed by atoms with van der Waals surface area (Å²) in [6.45, 7) is 0. The van der Waals surface area contributed by atoms with Gasteiger partial charge in [0, 0.05) is 10.9 Å². The van der Waals surface area contributed by atoms with Crippen molar-refractivity contribution in [3.8, 4) is 0 Å². The van der Waals surface area contributed by atoms with Crippen LogP contribution in [0.4, 0.5) is 8.78 Å². The van der Waals surface area contributed by atoms with Gasteiger partial charge in [-0.3, -0.25) is 4.79 Å². The molecule has 1 amide bonds. The number of carbonyl (C=O) groups is 1. The summed E-state index contributed by atoms with van der Waals surface area (Å²) in [4.78, 5) is 12.1. The minimum atomic E-state index is -3.03. The van der Waals surface area contributed by atoms with Crippen LogP contribution in [0.5, 0.6) is 0 Å². The van der Waals surface area contributed by atoms with Gasteiger partial charge in [0.25, 0.3) is 0 Å². The third-order valence-electron chi connectivity index (χ3n) is 2.86. The maximum Gasteiger partial charge on any atom is 0.230 e. The van der Waals surface area contributed by atoms with Crippen molar-refractivity contribution in [3.63, 3.8) is 0 Å². The average molecular weight is 321 g/mol. The molecule has 0 unspecified atom stereocenters. The number of thioether (sulfide) groups is 1. The molecular formula is C12H13F2NO3S2. The minimum Gasteiger partial charge on any atom is -0.352 e. The Kier molecular flexibility index (Phi) is 4.64.